The number of ketones is 1. The Morgan fingerprint density at radius 2 is 1.55 bits per heavy atom. The van der Waals surface area contributed by atoms with Crippen LogP contribution in [0.3, 0.4) is 0 Å². The van der Waals surface area contributed by atoms with Crippen LogP contribution in [0.4, 0.5) is 5.69 Å². The van der Waals surface area contributed by atoms with E-state index in [1.165, 1.54) is 47.0 Å². The van der Waals surface area contributed by atoms with Gasteiger partial charge in [0.2, 0.25) is 10.0 Å². The van der Waals surface area contributed by atoms with Gasteiger partial charge in [-0.1, -0.05) is 24.3 Å². The summed E-state index contributed by atoms with van der Waals surface area (Å²) in [4.78, 5) is 40.8. The van der Waals surface area contributed by atoms with E-state index >= 15 is 0 Å². The van der Waals surface area contributed by atoms with Gasteiger partial charge in [0.15, 0.2) is 11.3 Å². The van der Waals surface area contributed by atoms with Gasteiger partial charge in [-0.15, -0.1) is 0 Å². The second kappa shape index (κ2) is 10.6. The number of nitrogens with two attached hydrogens (primary N) is 1. The lowest BCUT2D eigenvalue weighted by molar-refractivity contribution is -0.120. The number of anilines is 1. The predicted octanol–water partition coefficient (Wildman–Crippen LogP) is 0.168. The average molecular weight is 543 g/mol. The summed E-state index contributed by atoms with van der Waals surface area (Å²) in [5.41, 5.74) is 5.01. The zero-order valence-corrected chi connectivity index (χ0v) is 21.6. The summed E-state index contributed by atoms with van der Waals surface area (Å²) < 4.78 is 25.2. The Balaban J connectivity index is 1.59. The molecule has 2 aliphatic heterocycles. The van der Waals surface area contributed by atoms with E-state index < -0.39 is 33.2 Å². The first kappa shape index (κ1) is 27.4. The molecule has 2 aromatic carbocycles. The minimum absolute atomic E-state index is 0.0617. The number of carboxylic acids is 1. The summed E-state index contributed by atoms with van der Waals surface area (Å²) in [6.07, 6.45) is 1.33. The second-order valence-electron chi connectivity index (χ2n) is 9.50. The molecule has 0 bridgehead atoms. The molecular weight excluding hydrogens is 512 g/mol. The van der Waals surface area contributed by atoms with Gasteiger partial charge in [0.1, 0.15) is 5.84 Å². The van der Waals surface area contributed by atoms with Crippen LogP contribution in [0.2, 0.25) is 0 Å². The molecule has 202 valence electrons. The molecule has 6 N–H and O–H groups in total. The molecule has 2 fully saturated rings. The fraction of sp³-hybridized carbons (Fsp3) is 0.360. The number of hydrogen-bond acceptors (Lipinski definition) is 8. The average Bonchev–Trinajstić information content (AvgIpc) is 3.35. The first-order valence-electron chi connectivity index (χ1n) is 12.0. The largest absolute Gasteiger partial charge is 0.478 e. The fourth-order valence-corrected chi connectivity index (χ4v) is 5.71. The molecule has 4 rings (SSSR count). The van der Waals surface area contributed by atoms with Crippen molar-refractivity contribution in [3.05, 3.63) is 65.2 Å². The van der Waals surface area contributed by atoms with Crippen LogP contribution in [-0.2, 0) is 14.8 Å². The van der Waals surface area contributed by atoms with Crippen molar-refractivity contribution in [2.75, 3.05) is 44.3 Å². The Morgan fingerprint density at radius 3 is 2.08 bits per heavy atom. The topological polar surface area (TPSA) is 186 Å². The van der Waals surface area contributed by atoms with E-state index in [2.05, 4.69) is 15.5 Å². The lowest BCUT2D eigenvalue weighted by Gasteiger charge is -2.37. The number of nitrogen functional groups attached to an aromatic ring is 1. The van der Waals surface area contributed by atoms with Gasteiger partial charge in [0, 0.05) is 55.6 Å². The normalized spacial score (nSPS) is 22.6. The smallest absolute Gasteiger partial charge is 0.335 e. The third-order valence-electron chi connectivity index (χ3n) is 7.06. The van der Waals surface area contributed by atoms with Gasteiger partial charge in [0.05, 0.1) is 11.8 Å². The predicted molar refractivity (Wildman–Crippen MR) is 141 cm³/mol. The summed E-state index contributed by atoms with van der Waals surface area (Å²) >= 11 is 0. The Hall–Kier alpha value is -3.65. The molecule has 2 aromatic rings. The first-order chi connectivity index (χ1) is 17.9. The molecule has 0 saturated carbocycles. The van der Waals surface area contributed by atoms with Crippen LogP contribution in [0.5, 0.6) is 0 Å². The highest BCUT2D eigenvalue weighted by atomic mass is 32.2. The third-order valence-corrected chi connectivity index (χ3v) is 8.37. The van der Waals surface area contributed by atoms with Crippen molar-refractivity contribution in [3.63, 3.8) is 0 Å². The lowest BCUT2D eigenvalue weighted by atomic mass is 9.85. The number of amides is 1. The number of carbonyl (C=O) groups excluding carboxylic acids is 2. The van der Waals surface area contributed by atoms with Crippen LogP contribution in [0.15, 0.2) is 48.5 Å². The van der Waals surface area contributed by atoms with Crippen molar-refractivity contribution >= 4 is 39.2 Å². The quantitative estimate of drug-likeness (QED) is 0.134. The molecule has 2 saturated heterocycles. The van der Waals surface area contributed by atoms with Crippen molar-refractivity contribution in [1.82, 2.24) is 14.5 Å². The molecule has 2 heterocycles. The highest BCUT2D eigenvalue weighted by Gasteiger charge is 2.52. The van der Waals surface area contributed by atoms with Crippen LogP contribution in [0.1, 0.15) is 32.7 Å². The van der Waals surface area contributed by atoms with E-state index in [-0.39, 0.29) is 29.4 Å². The van der Waals surface area contributed by atoms with Crippen molar-refractivity contribution < 1.29 is 27.9 Å². The molecule has 12 nitrogen and oxygen atoms in total. The maximum atomic E-state index is 13.8. The van der Waals surface area contributed by atoms with Crippen molar-refractivity contribution in [2.24, 2.45) is 5.73 Å². The lowest BCUT2D eigenvalue weighted by Crippen LogP contribution is -2.57. The van der Waals surface area contributed by atoms with Crippen molar-refractivity contribution in [2.45, 2.75) is 18.0 Å². The SMILES string of the molecule is CS(=O)(=O)N1CCN([C@@H]2CN[C@](C(=O)Nc3ccc(C(=O)O)cc3)(C(=O)c3ccc(C(=N)N)cc3)C2)CC1. The second-order valence-corrected chi connectivity index (χ2v) is 11.5. The maximum absolute atomic E-state index is 13.8. The minimum Gasteiger partial charge on any atom is -0.478 e. The zero-order chi connectivity index (χ0) is 27.7. The number of Topliss-reactive ketones (excluding diaryl/α,β-unsaturated/α-hetero) is 1. The first-order valence-corrected chi connectivity index (χ1v) is 13.8. The van der Waals surface area contributed by atoms with Crippen LogP contribution in [0, 0.1) is 5.41 Å². The Morgan fingerprint density at radius 1 is 1.00 bits per heavy atom. The Kier molecular flexibility index (Phi) is 7.65. The summed E-state index contributed by atoms with van der Waals surface area (Å²) in [5, 5.41) is 22.6. The molecule has 13 heteroatoms. The monoisotopic (exact) mass is 542 g/mol. The number of piperazine rings is 1. The molecule has 0 aromatic heterocycles. The van der Waals surface area contributed by atoms with E-state index in [0.29, 0.717) is 44.0 Å². The number of benzene rings is 2. The Bertz CT molecular complexity index is 1350. The molecule has 0 spiro atoms. The number of nitrogens with one attached hydrogen (secondary N) is 3. The number of amidine groups is 1. The number of carbonyl (C=O) groups is 3. The summed E-state index contributed by atoms with van der Waals surface area (Å²) in [6, 6.07) is 11.6. The van der Waals surface area contributed by atoms with Crippen LogP contribution in [-0.4, -0.2) is 96.8 Å². The highest BCUT2D eigenvalue weighted by molar-refractivity contribution is 7.88. The number of sulfonamides is 1. The van der Waals surface area contributed by atoms with E-state index in [4.69, 9.17) is 16.2 Å². The molecular formula is C25H30N6O6S. The van der Waals surface area contributed by atoms with Gasteiger partial charge in [-0.05, 0) is 30.7 Å². The summed E-state index contributed by atoms with van der Waals surface area (Å²) in [6.45, 7) is 1.92. The Labute approximate surface area is 220 Å². The molecule has 2 aliphatic rings. The van der Waals surface area contributed by atoms with Crippen LogP contribution >= 0.6 is 0 Å². The van der Waals surface area contributed by atoms with E-state index in [1.54, 1.807) is 12.1 Å². The number of carboxylic acid groups (broad SMARTS) is 1. The third kappa shape index (κ3) is 5.60. The molecule has 0 radical (unpaired) electrons. The van der Waals surface area contributed by atoms with Gasteiger partial charge in [-0.3, -0.25) is 25.2 Å². The number of nitrogens with zero attached hydrogens (tertiary/aromatic N) is 2. The van der Waals surface area contributed by atoms with E-state index in [1.807, 2.05) is 0 Å². The van der Waals surface area contributed by atoms with Crippen molar-refractivity contribution in [1.29, 1.82) is 5.41 Å². The maximum Gasteiger partial charge on any atom is 0.335 e. The van der Waals surface area contributed by atoms with Gasteiger partial charge < -0.3 is 16.2 Å². The molecule has 0 unspecified atom stereocenters. The summed E-state index contributed by atoms with van der Waals surface area (Å²) in [5.74, 6) is -2.28. The standard InChI is InChI=1S/C25H30N6O6S/c1-38(36,37)31-12-10-30(11-13-31)20-14-25(28-15-20,21(32)16-2-4-17(5-3-16)22(26)27)24(35)29-19-8-6-18(7-9-19)23(33)34/h2-9,20,28H,10-15H2,1H3,(H3,26,27)(H,29,35)(H,33,34)/t20-,25-/m0/s1. The number of aromatic carboxylic acids is 1. The van der Waals surface area contributed by atoms with Gasteiger partial charge in [-0.2, -0.15) is 4.31 Å². The number of rotatable bonds is 8. The summed E-state index contributed by atoms with van der Waals surface area (Å²) in [7, 11) is -3.30. The minimum atomic E-state index is -3.30. The van der Waals surface area contributed by atoms with Crippen molar-refractivity contribution in [3.8, 4) is 0 Å². The fourth-order valence-electron chi connectivity index (χ4n) is 4.88. The zero-order valence-electron chi connectivity index (χ0n) is 20.8. The highest BCUT2D eigenvalue weighted by Crippen LogP contribution is 2.30. The molecule has 38 heavy (non-hydrogen) atoms. The van der Waals surface area contributed by atoms with E-state index in [9.17, 15) is 22.8 Å². The van der Waals surface area contributed by atoms with Gasteiger partial charge >= 0.3 is 5.97 Å². The van der Waals surface area contributed by atoms with E-state index in [0.717, 1.165) is 0 Å². The molecule has 2 atom stereocenters. The van der Waals surface area contributed by atoms with Crippen LogP contribution < -0.4 is 16.4 Å². The number of hydrogen-bond donors (Lipinski definition) is 5. The molecule has 0 aliphatic carbocycles. The molecule has 1 amide bonds. The van der Waals surface area contributed by atoms with Gasteiger partial charge in [-0.25, -0.2) is 13.2 Å². The van der Waals surface area contributed by atoms with Gasteiger partial charge in [0.25, 0.3) is 5.91 Å². The van der Waals surface area contributed by atoms with Crippen LogP contribution in [0.25, 0.3) is 0 Å².